The summed E-state index contributed by atoms with van der Waals surface area (Å²) in [5.74, 6) is -0.543. The maximum atomic E-state index is 13.5. The number of aromatic amines is 1. The minimum atomic E-state index is -1.10. The third-order valence-corrected chi connectivity index (χ3v) is 4.24. The van der Waals surface area contributed by atoms with Gasteiger partial charge in [-0.3, -0.25) is 9.69 Å². The number of hydrogen-bond acceptors (Lipinski definition) is 5. The summed E-state index contributed by atoms with van der Waals surface area (Å²) in [4.78, 5) is 14.0. The van der Waals surface area contributed by atoms with Gasteiger partial charge in [0.15, 0.2) is 0 Å². The van der Waals surface area contributed by atoms with Crippen molar-refractivity contribution in [1.29, 1.82) is 0 Å². The first kappa shape index (κ1) is 16.5. The molecule has 1 aromatic heterocycles. The van der Waals surface area contributed by atoms with E-state index >= 15 is 0 Å². The molecule has 128 valence electrons. The highest BCUT2D eigenvalue weighted by molar-refractivity contribution is 5.78. The van der Waals surface area contributed by atoms with Crippen LogP contribution in [0.5, 0.6) is 0 Å². The predicted octanol–water partition coefficient (Wildman–Crippen LogP) is 0.544. The summed E-state index contributed by atoms with van der Waals surface area (Å²) >= 11 is 0. The van der Waals surface area contributed by atoms with Crippen LogP contribution in [-0.4, -0.2) is 51.0 Å². The van der Waals surface area contributed by atoms with Gasteiger partial charge in [0.2, 0.25) is 5.91 Å². The van der Waals surface area contributed by atoms with Gasteiger partial charge in [0.05, 0.1) is 12.7 Å². The summed E-state index contributed by atoms with van der Waals surface area (Å²) in [5, 5.41) is 23.6. The van der Waals surface area contributed by atoms with E-state index in [0.717, 1.165) is 6.42 Å². The Morgan fingerprint density at radius 1 is 1.46 bits per heavy atom. The largest absolute Gasteiger partial charge is 0.382 e. The molecule has 0 aliphatic carbocycles. The lowest BCUT2D eigenvalue weighted by Crippen LogP contribution is -2.49. The molecule has 0 saturated carbocycles. The van der Waals surface area contributed by atoms with E-state index in [0.29, 0.717) is 30.8 Å². The van der Waals surface area contributed by atoms with Crippen LogP contribution in [-0.2, 0) is 16.9 Å². The molecule has 24 heavy (non-hydrogen) atoms. The number of β-amino-alcohol motifs (C(OH)–C–C–N with tert-alkyl or cyclic N) is 1. The molecule has 7 nitrogen and oxygen atoms in total. The normalized spacial score (nSPS) is 21.6. The van der Waals surface area contributed by atoms with E-state index in [9.17, 15) is 14.3 Å². The smallest absolute Gasteiger partial charge is 0.234 e. The number of aromatic nitrogens is 3. The van der Waals surface area contributed by atoms with Crippen LogP contribution in [0.15, 0.2) is 30.5 Å². The van der Waals surface area contributed by atoms with E-state index in [1.165, 1.54) is 12.3 Å². The first-order valence-corrected chi connectivity index (χ1v) is 7.88. The Morgan fingerprint density at radius 2 is 2.29 bits per heavy atom. The number of benzene rings is 1. The van der Waals surface area contributed by atoms with E-state index in [4.69, 9.17) is 0 Å². The Bertz CT molecular complexity index is 694. The van der Waals surface area contributed by atoms with E-state index in [2.05, 4.69) is 20.7 Å². The second kappa shape index (κ2) is 7.06. The second-order valence-electron chi connectivity index (χ2n) is 6.07. The zero-order valence-corrected chi connectivity index (χ0v) is 13.2. The van der Waals surface area contributed by atoms with Gasteiger partial charge in [-0.25, -0.2) is 4.39 Å². The lowest BCUT2D eigenvalue weighted by molar-refractivity contribution is -0.124. The topological polar surface area (TPSA) is 94.1 Å². The average Bonchev–Trinajstić information content (AvgIpc) is 3.09. The number of hydrogen-bond donors (Lipinski definition) is 3. The number of nitrogens with one attached hydrogen (secondary N) is 2. The number of piperidine rings is 1. The van der Waals surface area contributed by atoms with Crippen molar-refractivity contribution >= 4 is 5.91 Å². The van der Waals surface area contributed by atoms with Crippen molar-refractivity contribution < 1.29 is 14.3 Å². The molecule has 0 spiro atoms. The average molecular weight is 333 g/mol. The zero-order chi connectivity index (χ0) is 17.0. The molecule has 2 heterocycles. The summed E-state index contributed by atoms with van der Waals surface area (Å²) in [6.45, 7) is 1.32. The summed E-state index contributed by atoms with van der Waals surface area (Å²) in [6.07, 6.45) is 2.83. The number of halogens is 1. The van der Waals surface area contributed by atoms with Crippen molar-refractivity contribution in [2.45, 2.75) is 25.0 Å². The molecule has 0 radical (unpaired) electrons. The molecule has 1 amide bonds. The van der Waals surface area contributed by atoms with Crippen LogP contribution < -0.4 is 5.32 Å². The monoisotopic (exact) mass is 333 g/mol. The van der Waals surface area contributed by atoms with Gasteiger partial charge in [-0.1, -0.05) is 18.2 Å². The summed E-state index contributed by atoms with van der Waals surface area (Å²) in [6, 6.07) is 6.34. The van der Waals surface area contributed by atoms with Gasteiger partial charge < -0.3 is 10.4 Å². The quantitative estimate of drug-likeness (QED) is 0.743. The molecule has 3 N–H and O–H groups in total. The number of H-pyrrole nitrogens is 1. The Hall–Kier alpha value is -2.32. The van der Waals surface area contributed by atoms with Crippen LogP contribution in [0.25, 0.3) is 0 Å². The fourth-order valence-corrected chi connectivity index (χ4v) is 2.99. The molecule has 1 aromatic carbocycles. The highest BCUT2D eigenvalue weighted by Crippen LogP contribution is 2.29. The van der Waals surface area contributed by atoms with Gasteiger partial charge in [0.25, 0.3) is 0 Å². The third-order valence-electron chi connectivity index (χ3n) is 4.24. The minimum absolute atomic E-state index is 0.146. The van der Waals surface area contributed by atoms with E-state index in [1.807, 2.05) is 4.90 Å². The first-order chi connectivity index (χ1) is 11.6. The van der Waals surface area contributed by atoms with Gasteiger partial charge in [0.1, 0.15) is 17.1 Å². The van der Waals surface area contributed by atoms with Crippen LogP contribution in [0.1, 0.15) is 24.1 Å². The molecule has 1 aliphatic heterocycles. The number of likely N-dealkylation sites (tertiary alicyclic amines) is 1. The molecule has 1 atom stereocenters. The molecular formula is C16H20FN5O2. The third kappa shape index (κ3) is 3.77. The van der Waals surface area contributed by atoms with Crippen molar-refractivity contribution in [3.05, 3.63) is 47.5 Å². The lowest BCUT2D eigenvalue weighted by atomic mass is 9.90. The number of carbonyl (C=O) groups is 1. The van der Waals surface area contributed by atoms with Crippen molar-refractivity contribution in [2.24, 2.45) is 0 Å². The van der Waals surface area contributed by atoms with Gasteiger partial charge >= 0.3 is 0 Å². The predicted molar refractivity (Wildman–Crippen MR) is 84.2 cm³/mol. The SMILES string of the molecule is O=C(CN1CCCC(O)(c2cn[nH]n2)C1)NCc1ccccc1F. The fraction of sp³-hybridized carbons (Fsp3) is 0.438. The molecule has 2 aromatic rings. The standard InChI is InChI=1S/C16H20FN5O2/c17-13-5-2-1-4-12(13)8-18-15(23)10-22-7-3-6-16(24,11-22)14-9-19-21-20-14/h1-2,4-5,9,24H,3,6-8,10-11H2,(H,18,23)(H,19,20,21). The maximum Gasteiger partial charge on any atom is 0.234 e. The van der Waals surface area contributed by atoms with Gasteiger partial charge in [-0.05, 0) is 25.5 Å². The molecular weight excluding hydrogens is 313 g/mol. The minimum Gasteiger partial charge on any atom is -0.382 e. The van der Waals surface area contributed by atoms with Crippen molar-refractivity contribution in [3.63, 3.8) is 0 Å². The van der Waals surface area contributed by atoms with E-state index in [-0.39, 0.29) is 24.8 Å². The molecule has 1 aliphatic rings. The molecule has 1 unspecified atom stereocenters. The van der Waals surface area contributed by atoms with Crippen molar-refractivity contribution in [1.82, 2.24) is 25.6 Å². The first-order valence-electron chi connectivity index (χ1n) is 7.88. The summed E-state index contributed by atoms with van der Waals surface area (Å²) in [7, 11) is 0. The molecule has 1 saturated heterocycles. The van der Waals surface area contributed by atoms with Gasteiger partial charge in [-0.15, -0.1) is 0 Å². The maximum absolute atomic E-state index is 13.5. The van der Waals surface area contributed by atoms with E-state index in [1.54, 1.807) is 18.2 Å². The highest BCUT2D eigenvalue weighted by Gasteiger charge is 2.37. The Kier molecular flexibility index (Phi) is 4.86. The number of amides is 1. The summed E-state index contributed by atoms with van der Waals surface area (Å²) in [5.41, 5.74) is -0.167. The number of carbonyl (C=O) groups excluding carboxylic acids is 1. The lowest BCUT2D eigenvalue weighted by Gasteiger charge is -2.37. The van der Waals surface area contributed by atoms with Gasteiger partial charge in [0, 0.05) is 18.7 Å². The Labute approximate surface area is 138 Å². The van der Waals surface area contributed by atoms with Crippen LogP contribution in [0, 0.1) is 5.82 Å². The van der Waals surface area contributed by atoms with Crippen molar-refractivity contribution in [3.8, 4) is 0 Å². The molecule has 0 bridgehead atoms. The number of rotatable bonds is 5. The molecule has 3 rings (SSSR count). The molecule has 8 heteroatoms. The van der Waals surface area contributed by atoms with Crippen LogP contribution in [0.4, 0.5) is 4.39 Å². The zero-order valence-electron chi connectivity index (χ0n) is 13.2. The van der Waals surface area contributed by atoms with E-state index < -0.39 is 5.60 Å². The number of aliphatic hydroxyl groups is 1. The van der Waals surface area contributed by atoms with Gasteiger partial charge in [-0.2, -0.15) is 15.4 Å². The second-order valence-corrected chi connectivity index (χ2v) is 6.07. The highest BCUT2D eigenvalue weighted by atomic mass is 19.1. The number of nitrogens with zero attached hydrogens (tertiary/aromatic N) is 3. The van der Waals surface area contributed by atoms with Crippen LogP contribution >= 0.6 is 0 Å². The Morgan fingerprint density at radius 3 is 3.04 bits per heavy atom. The summed E-state index contributed by atoms with van der Waals surface area (Å²) < 4.78 is 13.5. The Balaban J connectivity index is 1.54. The van der Waals surface area contributed by atoms with Crippen LogP contribution in [0.3, 0.4) is 0 Å². The van der Waals surface area contributed by atoms with Crippen molar-refractivity contribution in [2.75, 3.05) is 19.6 Å². The fourth-order valence-electron chi connectivity index (χ4n) is 2.99. The van der Waals surface area contributed by atoms with Crippen LogP contribution in [0.2, 0.25) is 0 Å². The molecule has 1 fully saturated rings.